The Morgan fingerprint density at radius 2 is 1.74 bits per heavy atom. The highest BCUT2D eigenvalue weighted by molar-refractivity contribution is 6.30. The molecule has 0 amide bonds. The maximum absolute atomic E-state index is 11.4. The summed E-state index contributed by atoms with van der Waals surface area (Å²) in [6.45, 7) is 3.79. The molecule has 0 unspecified atom stereocenters. The molecule has 120 valence electrons. The van der Waals surface area contributed by atoms with E-state index in [-0.39, 0.29) is 11.4 Å². The molecule has 0 saturated heterocycles. The van der Waals surface area contributed by atoms with Gasteiger partial charge in [0, 0.05) is 10.6 Å². The predicted octanol–water partition coefficient (Wildman–Crippen LogP) is 5.64. The lowest BCUT2D eigenvalue weighted by Gasteiger charge is -2.47. The van der Waals surface area contributed by atoms with Crippen molar-refractivity contribution in [1.82, 2.24) is 0 Å². The summed E-state index contributed by atoms with van der Waals surface area (Å²) in [5.41, 5.74) is 1.60. The first-order chi connectivity index (χ1) is 11.0. The number of carbonyl (C=O) groups is 1. The van der Waals surface area contributed by atoms with Crippen LogP contribution in [0.5, 0.6) is 5.75 Å². The van der Waals surface area contributed by atoms with E-state index in [4.69, 9.17) is 16.3 Å². The molecule has 0 spiro atoms. The third-order valence-corrected chi connectivity index (χ3v) is 5.01. The molecule has 0 N–H and O–H groups in total. The predicted molar refractivity (Wildman–Crippen MR) is 93.2 cm³/mol. The van der Waals surface area contributed by atoms with Crippen molar-refractivity contribution in [2.75, 3.05) is 0 Å². The highest BCUT2D eigenvalue weighted by atomic mass is 35.5. The van der Waals surface area contributed by atoms with Crippen molar-refractivity contribution in [1.29, 1.82) is 0 Å². The van der Waals surface area contributed by atoms with Crippen LogP contribution in [0, 0.1) is 5.92 Å². The Labute approximate surface area is 142 Å². The number of halogens is 1. The molecule has 1 aliphatic rings. The topological polar surface area (TPSA) is 26.3 Å². The van der Waals surface area contributed by atoms with Gasteiger partial charge in [0.05, 0.1) is 0 Å². The summed E-state index contributed by atoms with van der Waals surface area (Å²) in [7, 11) is 0. The second kappa shape index (κ2) is 6.37. The number of carbonyl (C=O) groups excluding carboxylic acids is 1. The van der Waals surface area contributed by atoms with Gasteiger partial charge in [0.25, 0.3) is 0 Å². The van der Waals surface area contributed by atoms with Gasteiger partial charge in [0.2, 0.25) is 0 Å². The second-order valence-corrected chi connectivity index (χ2v) is 6.80. The molecular weight excluding hydrogens is 308 g/mol. The number of hydrogen-bond donors (Lipinski definition) is 0. The Kier molecular flexibility index (Phi) is 4.45. The van der Waals surface area contributed by atoms with Gasteiger partial charge in [0.15, 0.2) is 5.78 Å². The van der Waals surface area contributed by atoms with Crippen LogP contribution in [0.3, 0.4) is 0 Å². The fourth-order valence-corrected chi connectivity index (χ4v) is 3.40. The molecule has 0 bridgehead atoms. The molecule has 2 nitrogen and oxygen atoms in total. The molecule has 0 aliphatic heterocycles. The Balaban J connectivity index is 1.85. The van der Waals surface area contributed by atoms with Gasteiger partial charge in [-0.05, 0) is 67.6 Å². The monoisotopic (exact) mass is 328 g/mol. The molecule has 1 aliphatic carbocycles. The molecule has 1 fully saturated rings. The van der Waals surface area contributed by atoms with Crippen LogP contribution in [-0.4, -0.2) is 5.78 Å². The highest BCUT2D eigenvalue weighted by Crippen LogP contribution is 2.50. The Bertz CT molecular complexity index is 683. The van der Waals surface area contributed by atoms with Gasteiger partial charge in [-0.2, -0.15) is 0 Å². The van der Waals surface area contributed by atoms with Crippen LogP contribution in [0.25, 0.3) is 0 Å². The van der Waals surface area contributed by atoms with Crippen molar-refractivity contribution < 1.29 is 9.53 Å². The van der Waals surface area contributed by atoms with Crippen LogP contribution in [0.1, 0.15) is 49.0 Å². The van der Waals surface area contributed by atoms with Gasteiger partial charge in [-0.1, -0.05) is 37.1 Å². The number of hydrogen-bond acceptors (Lipinski definition) is 2. The molecule has 1 saturated carbocycles. The van der Waals surface area contributed by atoms with E-state index in [9.17, 15) is 4.79 Å². The molecule has 23 heavy (non-hydrogen) atoms. The molecule has 0 radical (unpaired) electrons. The smallest absolute Gasteiger partial charge is 0.159 e. The fourth-order valence-electron chi connectivity index (χ4n) is 3.28. The van der Waals surface area contributed by atoms with Gasteiger partial charge >= 0.3 is 0 Å². The molecule has 0 atom stereocenters. The fraction of sp³-hybridized carbons (Fsp3) is 0.350. The van der Waals surface area contributed by atoms with E-state index in [1.165, 1.54) is 12.0 Å². The molecule has 2 aromatic rings. The lowest BCUT2D eigenvalue weighted by atomic mass is 9.66. The minimum Gasteiger partial charge on any atom is -0.483 e. The van der Waals surface area contributed by atoms with E-state index < -0.39 is 0 Å². The number of Topliss-reactive ketones (excluding diaryl/α,β-unsaturated/α-hetero) is 1. The third kappa shape index (κ3) is 3.28. The van der Waals surface area contributed by atoms with Crippen LogP contribution in [0.2, 0.25) is 5.02 Å². The number of rotatable bonds is 5. The zero-order valence-electron chi connectivity index (χ0n) is 13.5. The first-order valence-electron chi connectivity index (χ1n) is 8.08. The highest BCUT2D eigenvalue weighted by Gasteiger charge is 2.47. The molecule has 0 aromatic heterocycles. The van der Waals surface area contributed by atoms with E-state index in [2.05, 4.69) is 19.1 Å². The summed E-state index contributed by atoms with van der Waals surface area (Å²) in [5, 5.41) is 0.737. The summed E-state index contributed by atoms with van der Waals surface area (Å²) in [4.78, 5) is 11.4. The maximum atomic E-state index is 11.4. The SMILES string of the molecule is CCC1CC(Oc2ccc(C(C)=O)cc2)(c2ccc(Cl)cc2)C1. The van der Waals surface area contributed by atoms with E-state index in [1.54, 1.807) is 6.92 Å². The lowest BCUT2D eigenvalue weighted by Crippen LogP contribution is -2.46. The number of ketones is 1. The first kappa shape index (κ1) is 16.1. The molecule has 3 heteroatoms. The normalized spacial score (nSPS) is 23.2. The third-order valence-electron chi connectivity index (χ3n) is 4.76. The van der Waals surface area contributed by atoms with Gasteiger partial charge in [-0.3, -0.25) is 4.79 Å². The van der Waals surface area contributed by atoms with Gasteiger partial charge in [-0.15, -0.1) is 0 Å². The lowest BCUT2D eigenvalue weighted by molar-refractivity contribution is -0.0569. The van der Waals surface area contributed by atoms with Crippen molar-refractivity contribution in [3.05, 3.63) is 64.7 Å². The summed E-state index contributed by atoms with van der Waals surface area (Å²) in [6.07, 6.45) is 3.20. The van der Waals surface area contributed by atoms with Crippen LogP contribution in [-0.2, 0) is 5.60 Å². The Morgan fingerprint density at radius 3 is 2.26 bits per heavy atom. The minimum absolute atomic E-state index is 0.0682. The van der Waals surface area contributed by atoms with Crippen LogP contribution in [0.15, 0.2) is 48.5 Å². The summed E-state index contributed by atoms with van der Waals surface area (Å²) >= 11 is 6.01. The number of benzene rings is 2. The molecule has 0 heterocycles. The van der Waals surface area contributed by atoms with Crippen molar-refractivity contribution in [3.8, 4) is 5.75 Å². The first-order valence-corrected chi connectivity index (χ1v) is 8.46. The number of ether oxygens (including phenoxy) is 1. The summed E-state index contributed by atoms with van der Waals surface area (Å²) < 4.78 is 6.38. The van der Waals surface area contributed by atoms with Gasteiger partial charge in [-0.25, -0.2) is 0 Å². The Morgan fingerprint density at radius 1 is 1.13 bits per heavy atom. The zero-order valence-corrected chi connectivity index (χ0v) is 14.3. The van der Waals surface area contributed by atoms with Crippen LogP contribution in [0.4, 0.5) is 0 Å². The average molecular weight is 329 g/mol. The minimum atomic E-state index is -0.275. The van der Waals surface area contributed by atoms with Crippen LogP contribution >= 0.6 is 11.6 Å². The van der Waals surface area contributed by atoms with Gasteiger partial charge in [0.1, 0.15) is 11.4 Å². The molecule has 3 rings (SSSR count). The maximum Gasteiger partial charge on any atom is 0.159 e. The molecular formula is C20H21ClO2. The van der Waals surface area contributed by atoms with Crippen molar-refractivity contribution in [3.63, 3.8) is 0 Å². The zero-order chi connectivity index (χ0) is 16.4. The van der Waals surface area contributed by atoms with E-state index in [1.807, 2.05) is 36.4 Å². The van der Waals surface area contributed by atoms with Crippen LogP contribution < -0.4 is 4.74 Å². The van der Waals surface area contributed by atoms with Crippen molar-refractivity contribution in [2.24, 2.45) is 5.92 Å². The standard InChI is InChI=1S/C20H21ClO2/c1-3-15-12-20(13-15,17-6-8-18(21)9-7-17)23-19-10-4-16(5-11-19)14(2)22/h4-11,15H,3,12-13H2,1-2H3. The summed E-state index contributed by atoms with van der Waals surface area (Å²) in [5.74, 6) is 1.57. The van der Waals surface area contributed by atoms with E-state index in [0.717, 1.165) is 23.6 Å². The summed E-state index contributed by atoms with van der Waals surface area (Å²) in [6, 6.07) is 15.4. The quantitative estimate of drug-likeness (QED) is 0.664. The van der Waals surface area contributed by atoms with E-state index in [0.29, 0.717) is 11.5 Å². The van der Waals surface area contributed by atoms with Gasteiger partial charge < -0.3 is 4.74 Å². The van der Waals surface area contributed by atoms with Crippen molar-refractivity contribution >= 4 is 17.4 Å². The largest absolute Gasteiger partial charge is 0.483 e. The average Bonchev–Trinajstić information content (AvgIpc) is 2.52. The second-order valence-electron chi connectivity index (χ2n) is 6.37. The Hall–Kier alpha value is -1.80. The van der Waals surface area contributed by atoms with E-state index >= 15 is 0 Å². The molecule has 2 aromatic carbocycles. The van der Waals surface area contributed by atoms with Crippen molar-refractivity contribution in [2.45, 2.75) is 38.7 Å².